The fourth-order valence-corrected chi connectivity index (χ4v) is 3.31. The van der Waals surface area contributed by atoms with Crippen molar-refractivity contribution >= 4 is 23.2 Å². The van der Waals surface area contributed by atoms with Crippen LogP contribution in [0, 0.1) is 24.7 Å². The third-order valence-electron chi connectivity index (χ3n) is 4.53. The number of benzene rings is 1. The van der Waals surface area contributed by atoms with Gasteiger partial charge in [-0.25, -0.2) is 5.43 Å². The zero-order chi connectivity index (χ0) is 16.6. The lowest BCUT2D eigenvalue weighted by Crippen LogP contribution is -2.32. The first kappa shape index (κ1) is 16.3. The molecule has 0 radical (unpaired) electrons. The molecule has 0 aromatic heterocycles. The maximum atomic E-state index is 11.4. The molecular weight excluding hydrogens is 316 g/mol. The van der Waals surface area contributed by atoms with E-state index in [1.165, 1.54) is 0 Å². The summed E-state index contributed by atoms with van der Waals surface area (Å²) < 4.78 is 5.86. The predicted molar refractivity (Wildman–Crippen MR) is 88.8 cm³/mol. The first-order valence-electron chi connectivity index (χ1n) is 7.90. The Bertz CT molecular complexity index is 636. The number of rotatable bonds is 5. The molecule has 124 valence electrons. The number of nitrogens with one attached hydrogen (secondary N) is 1. The first-order chi connectivity index (χ1) is 11.0. The van der Waals surface area contributed by atoms with E-state index in [0.29, 0.717) is 35.6 Å². The third-order valence-corrected chi connectivity index (χ3v) is 4.81. The Balaban J connectivity index is 1.76. The number of aryl methyl sites for hydroxylation is 1. The van der Waals surface area contributed by atoms with Crippen molar-refractivity contribution in [2.45, 2.75) is 26.7 Å². The van der Waals surface area contributed by atoms with E-state index in [9.17, 15) is 4.79 Å². The molecule has 1 fully saturated rings. The molecule has 1 aliphatic carbocycles. The van der Waals surface area contributed by atoms with E-state index in [1.807, 2.05) is 26.0 Å². The smallest absolute Gasteiger partial charge is 0.240 e. The number of hydrogen-bond acceptors (Lipinski definition) is 4. The van der Waals surface area contributed by atoms with E-state index in [0.717, 1.165) is 23.3 Å². The third kappa shape index (κ3) is 3.51. The molecule has 6 heteroatoms. The summed E-state index contributed by atoms with van der Waals surface area (Å²) in [6, 6.07) is 3.83. The molecule has 1 amide bonds. The predicted octanol–water partition coefficient (Wildman–Crippen LogP) is 2.52. The van der Waals surface area contributed by atoms with Gasteiger partial charge in [-0.2, -0.15) is 5.10 Å². The van der Waals surface area contributed by atoms with Gasteiger partial charge < -0.3 is 9.84 Å². The molecule has 0 spiro atoms. The summed E-state index contributed by atoms with van der Waals surface area (Å²) in [7, 11) is 0. The van der Waals surface area contributed by atoms with Gasteiger partial charge in [0.05, 0.1) is 17.3 Å². The van der Waals surface area contributed by atoms with Crippen LogP contribution in [0.4, 0.5) is 0 Å². The highest BCUT2D eigenvalue weighted by atomic mass is 35.5. The number of ether oxygens (including phenoxy) is 1. The normalized spacial score (nSPS) is 26.5. The molecule has 1 aromatic rings. The molecule has 23 heavy (non-hydrogen) atoms. The van der Waals surface area contributed by atoms with Crippen molar-refractivity contribution in [1.82, 2.24) is 5.43 Å². The Morgan fingerprint density at radius 3 is 2.83 bits per heavy atom. The van der Waals surface area contributed by atoms with Gasteiger partial charge in [-0.05, 0) is 42.9 Å². The van der Waals surface area contributed by atoms with Gasteiger partial charge in [-0.1, -0.05) is 18.5 Å². The van der Waals surface area contributed by atoms with E-state index in [2.05, 4.69) is 10.5 Å². The Hall–Kier alpha value is -1.59. The summed E-state index contributed by atoms with van der Waals surface area (Å²) in [5.74, 6) is 1.48. The van der Waals surface area contributed by atoms with Crippen molar-refractivity contribution in [2.75, 3.05) is 13.2 Å². The number of halogens is 1. The van der Waals surface area contributed by atoms with E-state index in [4.69, 9.17) is 21.4 Å². The average molecular weight is 337 g/mol. The lowest BCUT2D eigenvalue weighted by atomic mass is 9.93. The quantitative estimate of drug-likeness (QED) is 0.868. The summed E-state index contributed by atoms with van der Waals surface area (Å²) in [4.78, 5) is 11.4. The van der Waals surface area contributed by atoms with Gasteiger partial charge >= 0.3 is 0 Å². The molecule has 0 bridgehead atoms. The second-order valence-electron chi connectivity index (χ2n) is 6.49. The summed E-state index contributed by atoms with van der Waals surface area (Å²) in [5.41, 5.74) is 5.22. The fraction of sp³-hybridized carbons (Fsp3) is 0.529. The van der Waals surface area contributed by atoms with Crippen molar-refractivity contribution < 1.29 is 14.6 Å². The number of aliphatic hydroxyl groups is 1. The van der Waals surface area contributed by atoms with Gasteiger partial charge in [0.15, 0.2) is 0 Å². The summed E-state index contributed by atoms with van der Waals surface area (Å²) >= 11 is 6.39. The second-order valence-corrected chi connectivity index (χ2v) is 6.90. The summed E-state index contributed by atoms with van der Waals surface area (Å²) in [6.45, 7) is 4.74. The Morgan fingerprint density at radius 2 is 2.22 bits per heavy atom. The van der Waals surface area contributed by atoms with Crippen molar-refractivity contribution in [3.05, 3.63) is 28.3 Å². The molecule has 2 aliphatic rings. The van der Waals surface area contributed by atoms with Crippen molar-refractivity contribution in [3.63, 3.8) is 0 Å². The topological polar surface area (TPSA) is 70.9 Å². The SMILES string of the molecule is Cc1cc(C2=NNC(=O)CC2C)cc(Cl)c1OC[C@H]1C[C@H]1CO. The fourth-order valence-electron chi connectivity index (χ4n) is 2.99. The summed E-state index contributed by atoms with van der Waals surface area (Å²) in [5, 5.41) is 13.8. The molecule has 1 unspecified atom stereocenters. The molecule has 1 heterocycles. The molecule has 0 saturated heterocycles. The maximum absolute atomic E-state index is 11.4. The van der Waals surface area contributed by atoms with E-state index >= 15 is 0 Å². The van der Waals surface area contributed by atoms with Crippen LogP contribution in [0.5, 0.6) is 5.75 Å². The zero-order valence-electron chi connectivity index (χ0n) is 13.3. The number of aliphatic hydroxyl groups excluding tert-OH is 1. The molecular formula is C17H21ClN2O3. The van der Waals surface area contributed by atoms with Gasteiger partial charge in [-0.15, -0.1) is 0 Å². The highest BCUT2D eigenvalue weighted by Gasteiger charge is 2.37. The van der Waals surface area contributed by atoms with Crippen molar-refractivity contribution in [1.29, 1.82) is 0 Å². The first-order valence-corrected chi connectivity index (χ1v) is 8.28. The Morgan fingerprint density at radius 1 is 1.43 bits per heavy atom. The van der Waals surface area contributed by atoms with Crippen LogP contribution in [0.25, 0.3) is 0 Å². The largest absolute Gasteiger partial charge is 0.491 e. The minimum atomic E-state index is -0.0631. The number of nitrogens with zero attached hydrogens (tertiary/aromatic N) is 1. The van der Waals surface area contributed by atoms with Gasteiger partial charge in [-0.3, -0.25) is 4.79 Å². The van der Waals surface area contributed by atoms with Crippen LogP contribution in [-0.2, 0) is 4.79 Å². The van der Waals surface area contributed by atoms with Crippen molar-refractivity contribution in [3.8, 4) is 5.75 Å². The molecule has 2 N–H and O–H groups in total. The Labute approximate surface area is 140 Å². The number of hydrogen-bond donors (Lipinski definition) is 2. The van der Waals surface area contributed by atoms with Crippen LogP contribution in [0.1, 0.15) is 30.9 Å². The number of amides is 1. The number of carbonyl (C=O) groups is 1. The van der Waals surface area contributed by atoms with Crippen LogP contribution in [0.3, 0.4) is 0 Å². The molecule has 3 rings (SSSR count). The summed E-state index contributed by atoms with van der Waals surface area (Å²) in [6.07, 6.45) is 1.44. The van der Waals surface area contributed by atoms with E-state index in [1.54, 1.807) is 0 Å². The van der Waals surface area contributed by atoms with Gasteiger partial charge in [0.2, 0.25) is 5.91 Å². The Kier molecular flexibility index (Phi) is 4.60. The van der Waals surface area contributed by atoms with Gasteiger partial charge in [0.25, 0.3) is 0 Å². The van der Waals surface area contributed by atoms with Crippen LogP contribution in [-0.4, -0.2) is 29.9 Å². The lowest BCUT2D eigenvalue weighted by molar-refractivity contribution is -0.121. The molecule has 5 nitrogen and oxygen atoms in total. The highest BCUT2D eigenvalue weighted by molar-refractivity contribution is 6.32. The molecule has 1 aliphatic heterocycles. The second kappa shape index (κ2) is 6.49. The van der Waals surface area contributed by atoms with Crippen LogP contribution in [0.15, 0.2) is 17.2 Å². The van der Waals surface area contributed by atoms with Gasteiger partial charge in [0, 0.05) is 24.5 Å². The highest BCUT2D eigenvalue weighted by Crippen LogP contribution is 2.39. The number of carbonyl (C=O) groups excluding carboxylic acids is 1. The minimum Gasteiger partial charge on any atom is -0.491 e. The monoisotopic (exact) mass is 336 g/mol. The lowest BCUT2D eigenvalue weighted by Gasteiger charge is -2.20. The minimum absolute atomic E-state index is 0.0581. The molecule has 1 saturated carbocycles. The van der Waals surface area contributed by atoms with E-state index in [-0.39, 0.29) is 18.4 Å². The standard InChI is InChI=1S/C17H21ClN2O3/c1-9-4-15(22)19-20-16(9)11-3-10(2)17(14(18)6-11)23-8-13-5-12(13)7-21/h3,6,9,12-13,21H,4-5,7-8H2,1-2H3,(H,19,22)/t9?,12-,13+/m0/s1. The molecule has 1 aromatic carbocycles. The van der Waals surface area contributed by atoms with Crippen LogP contribution < -0.4 is 10.2 Å². The van der Waals surface area contributed by atoms with Crippen LogP contribution >= 0.6 is 11.6 Å². The number of hydrazone groups is 1. The molecule has 3 atom stereocenters. The maximum Gasteiger partial charge on any atom is 0.240 e. The van der Waals surface area contributed by atoms with Crippen LogP contribution in [0.2, 0.25) is 5.02 Å². The van der Waals surface area contributed by atoms with Crippen molar-refractivity contribution in [2.24, 2.45) is 22.9 Å². The average Bonchev–Trinajstić information content (AvgIpc) is 3.25. The van der Waals surface area contributed by atoms with Gasteiger partial charge in [0.1, 0.15) is 5.75 Å². The van der Waals surface area contributed by atoms with E-state index < -0.39 is 0 Å². The zero-order valence-corrected chi connectivity index (χ0v) is 14.1.